The molecular formula is C32H33F3O2. The molecule has 5 heteroatoms. The fraction of sp³-hybridized carbons (Fsp3) is 0.312. The van der Waals surface area contributed by atoms with Crippen LogP contribution in [0.5, 0.6) is 5.75 Å². The number of benzene rings is 3. The van der Waals surface area contributed by atoms with Crippen LogP contribution in [0.2, 0.25) is 0 Å². The number of rotatable bonds is 10. The lowest BCUT2D eigenvalue weighted by atomic mass is 9.82. The van der Waals surface area contributed by atoms with Crippen molar-refractivity contribution in [1.82, 2.24) is 0 Å². The molecule has 2 nitrogen and oxygen atoms in total. The molecule has 2 atom stereocenters. The third kappa shape index (κ3) is 6.16. The maximum Gasteiger partial charge on any atom is 0.201 e. The summed E-state index contributed by atoms with van der Waals surface area (Å²) in [6.45, 7) is 5.87. The average Bonchev–Trinajstić information content (AvgIpc) is 2.91. The summed E-state index contributed by atoms with van der Waals surface area (Å²) in [7, 11) is 0. The van der Waals surface area contributed by atoms with Crippen LogP contribution < -0.4 is 4.74 Å². The number of ether oxygens (including phenoxy) is 1. The zero-order valence-electron chi connectivity index (χ0n) is 21.2. The van der Waals surface area contributed by atoms with Crippen molar-refractivity contribution < 1.29 is 23.0 Å². The number of hydrogen-bond donors (Lipinski definition) is 1. The third-order valence-corrected chi connectivity index (χ3v) is 7.05. The fourth-order valence-electron chi connectivity index (χ4n) is 4.90. The summed E-state index contributed by atoms with van der Waals surface area (Å²) in [5.41, 5.74) is 3.71. The van der Waals surface area contributed by atoms with E-state index in [1.807, 2.05) is 6.07 Å². The minimum atomic E-state index is -1.02. The Kier molecular flexibility index (Phi) is 8.88. The number of aliphatic hydroxyl groups is 1. The molecule has 194 valence electrons. The van der Waals surface area contributed by atoms with Crippen molar-refractivity contribution in [2.45, 2.75) is 51.6 Å². The zero-order valence-corrected chi connectivity index (χ0v) is 21.2. The van der Waals surface area contributed by atoms with E-state index in [1.54, 1.807) is 36.4 Å². The van der Waals surface area contributed by atoms with Crippen molar-refractivity contribution >= 4 is 5.57 Å². The maximum atomic E-state index is 15.1. The summed E-state index contributed by atoms with van der Waals surface area (Å²) in [6, 6.07) is 15.0. The van der Waals surface area contributed by atoms with Gasteiger partial charge >= 0.3 is 0 Å². The van der Waals surface area contributed by atoms with Gasteiger partial charge in [0.25, 0.3) is 0 Å². The van der Waals surface area contributed by atoms with Crippen LogP contribution in [-0.4, -0.2) is 17.8 Å². The van der Waals surface area contributed by atoms with E-state index in [0.29, 0.717) is 23.1 Å². The van der Waals surface area contributed by atoms with E-state index in [-0.39, 0.29) is 35.8 Å². The van der Waals surface area contributed by atoms with Gasteiger partial charge in [0.1, 0.15) is 5.82 Å². The lowest BCUT2D eigenvalue weighted by molar-refractivity contribution is 0.0934. The van der Waals surface area contributed by atoms with Crippen LogP contribution in [0.1, 0.15) is 51.0 Å². The van der Waals surface area contributed by atoms with Gasteiger partial charge in [0.15, 0.2) is 11.6 Å². The lowest BCUT2D eigenvalue weighted by Gasteiger charge is -2.26. The number of allylic oxidation sites excluding steroid dienone is 2. The Morgan fingerprint density at radius 1 is 0.973 bits per heavy atom. The van der Waals surface area contributed by atoms with Crippen LogP contribution in [0.3, 0.4) is 0 Å². The van der Waals surface area contributed by atoms with E-state index in [9.17, 15) is 13.9 Å². The molecule has 1 N–H and O–H groups in total. The fourth-order valence-corrected chi connectivity index (χ4v) is 4.90. The first-order valence-corrected chi connectivity index (χ1v) is 12.9. The topological polar surface area (TPSA) is 29.5 Å². The van der Waals surface area contributed by atoms with Crippen LogP contribution in [0, 0.1) is 23.4 Å². The van der Waals surface area contributed by atoms with E-state index in [0.717, 1.165) is 43.2 Å². The van der Waals surface area contributed by atoms with Crippen molar-refractivity contribution in [2.75, 3.05) is 6.61 Å². The second-order valence-corrected chi connectivity index (χ2v) is 9.56. The predicted molar refractivity (Wildman–Crippen MR) is 144 cm³/mol. The molecule has 0 heterocycles. The molecule has 37 heavy (non-hydrogen) atoms. The summed E-state index contributed by atoms with van der Waals surface area (Å²) >= 11 is 0. The SMILES string of the molecule is C=CCCOc1ccc(-c2ccc(-c3ccc(C4=CCC(C(O)CCC)CC4)c(F)c3)cc2)c(F)c1F. The molecule has 0 aliphatic heterocycles. The van der Waals surface area contributed by atoms with Crippen molar-refractivity contribution in [3.05, 3.63) is 96.3 Å². The van der Waals surface area contributed by atoms with Gasteiger partial charge < -0.3 is 9.84 Å². The van der Waals surface area contributed by atoms with Gasteiger partial charge in [-0.2, -0.15) is 4.39 Å². The first kappa shape index (κ1) is 26.7. The Morgan fingerprint density at radius 3 is 2.32 bits per heavy atom. The standard InChI is InChI=1S/C32H33F3O2/c1-3-5-19-37-30-18-17-27(31(34)32(30)35)23-9-7-21(8-10-23)25-15-16-26(28(33)20-25)22-11-13-24(14-12-22)29(36)6-4-2/h3,7-11,15-18,20,24,29,36H,1,4-6,12-14,19H2,2H3. The lowest BCUT2D eigenvalue weighted by Crippen LogP contribution is -2.21. The van der Waals surface area contributed by atoms with Crippen LogP contribution in [0.4, 0.5) is 13.2 Å². The van der Waals surface area contributed by atoms with Crippen molar-refractivity contribution in [1.29, 1.82) is 0 Å². The minimum absolute atomic E-state index is 0.129. The van der Waals surface area contributed by atoms with Crippen molar-refractivity contribution in [2.24, 2.45) is 5.92 Å². The molecule has 1 aliphatic carbocycles. The predicted octanol–water partition coefficient (Wildman–Crippen LogP) is 8.74. The number of aliphatic hydroxyl groups excluding tert-OH is 1. The molecule has 0 saturated heterocycles. The van der Waals surface area contributed by atoms with E-state index in [4.69, 9.17) is 4.74 Å². The number of halogens is 3. The molecule has 1 aliphatic rings. The molecule has 2 unspecified atom stereocenters. The Hall–Kier alpha value is -3.31. The van der Waals surface area contributed by atoms with Crippen LogP contribution in [-0.2, 0) is 0 Å². The Balaban J connectivity index is 1.49. The summed E-state index contributed by atoms with van der Waals surface area (Å²) in [6.07, 6.45) is 8.06. The number of hydrogen-bond acceptors (Lipinski definition) is 2. The van der Waals surface area contributed by atoms with Crippen LogP contribution >= 0.6 is 0 Å². The van der Waals surface area contributed by atoms with Gasteiger partial charge in [-0.05, 0) is 78.5 Å². The maximum absolute atomic E-state index is 15.1. The highest BCUT2D eigenvalue weighted by Gasteiger charge is 2.23. The monoisotopic (exact) mass is 506 g/mol. The van der Waals surface area contributed by atoms with Crippen molar-refractivity contribution in [3.8, 4) is 28.0 Å². The van der Waals surface area contributed by atoms with E-state index in [2.05, 4.69) is 19.6 Å². The van der Waals surface area contributed by atoms with Gasteiger partial charge in [-0.3, -0.25) is 0 Å². The molecule has 0 radical (unpaired) electrons. The molecule has 0 aromatic heterocycles. The molecule has 0 bridgehead atoms. The molecule has 0 spiro atoms. The molecule has 4 rings (SSSR count). The quantitative estimate of drug-likeness (QED) is 0.220. The van der Waals surface area contributed by atoms with Gasteiger partial charge in [0, 0.05) is 11.1 Å². The van der Waals surface area contributed by atoms with Gasteiger partial charge in [-0.1, -0.05) is 61.9 Å². The average molecular weight is 507 g/mol. The Bertz CT molecular complexity index is 1260. The highest BCUT2D eigenvalue weighted by Crippen LogP contribution is 2.36. The second kappa shape index (κ2) is 12.3. The van der Waals surface area contributed by atoms with E-state index >= 15 is 4.39 Å². The van der Waals surface area contributed by atoms with Gasteiger partial charge in [-0.25, -0.2) is 8.78 Å². The Morgan fingerprint density at radius 2 is 1.68 bits per heavy atom. The molecule has 3 aromatic carbocycles. The molecule has 0 amide bonds. The first-order chi connectivity index (χ1) is 17.9. The zero-order chi connectivity index (χ0) is 26.4. The molecular weight excluding hydrogens is 473 g/mol. The van der Waals surface area contributed by atoms with E-state index < -0.39 is 11.6 Å². The molecule has 0 saturated carbocycles. The normalized spacial score (nSPS) is 16.2. The Labute approximate surface area is 217 Å². The van der Waals surface area contributed by atoms with Crippen LogP contribution in [0.15, 0.2) is 73.3 Å². The third-order valence-electron chi connectivity index (χ3n) is 7.05. The smallest absolute Gasteiger partial charge is 0.201 e. The molecule has 3 aromatic rings. The first-order valence-electron chi connectivity index (χ1n) is 12.9. The summed E-state index contributed by atoms with van der Waals surface area (Å²) < 4.78 is 49.6. The largest absolute Gasteiger partial charge is 0.490 e. The van der Waals surface area contributed by atoms with Gasteiger partial charge in [0.2, 0.25) is 5.82 Å². The van der Waals surface area contributed by atoms with Crippen molar-refractivity contribution in [3.63, 3.8) is 0 Å². The second-order valence-electron chi connectivity index (χ2n) is 9.56. The highest BCUT2D eigenvalue weighted by atomic mass is 19.2. The van der Waals surface area contributed by atoms with Gasteiger partial charge in [0.05, 0.1) is 12.7 Å². The summed E-state index contributed by atoms with van der Waals surface area (Å²) in [5.74, 6) is -2.17. The van der Waals surface area contributed by atoms with Crippen LogP contribution in [0.25, 0.3) is 27.8 Å². The highest BCUT2D eigenvalue weighted by molar-refractivity contribution is 5.74. The minimum Gasteiger partial charge on any atom is -0.490 e. The summed E-state index contributed by atoms with van der Waals surface area (Å²) in [5, 5.41) is 10.3. The summed E-state index contributed by atoms with van der Waals surface area (Å²) in [4.78, 5) is 0. The molecule has 0 fully saturated rings. The van der Waals surface area contributed by atoms with E-state index in [1.165, 1.54) is 18.2 Å². The van der Waals surface area contributed by atoms with Gasteiger partial charge in [-0.15, -0.1) is 6.58 Å².